The van der Waals surface area contributed by atoms with E-state index in [2.05, 4.69) is 20.9 Å². The van der Waals surface area contributed by atoms with Gasteiger partial charge in [-0.2, -0.15) is 0 Å². The normalized spacial score (nSPS) is 15.4. The Labute approximate surface area is 238 Å². The molecule has 2 aromatic carbocycles. The topological polar surface area (TPSA) is 79.1 Å². The van der Waals surface area contributed by atoms with Crippen molar-refractivity contribution in [3.8, 4) is 11.5 Å². The highest BCUT2D eigenvalue weighted by Gasteiger charge is 2.35. The molecule has 200 valence electrons. The van der Waals surface area contributed by atoms with Crippen LogP contribution >= 0.6 is 38.9 Å². The number of thiazole rings is 1. The summed E-state index contributed by atoms with van der Waals surface area (Å²) in [5.74, 6) is 0.611. The summed E-state index contributed by atoms with van der Waals surface area (Å²) in [4.78, 5) is 32.2. The Morgan fingerprint density at radius 1 is 1.24 bits per heavy atom. The lowest BCUT2D eigenvalue weighted by Crippen LogP contribution is -2.40. The van der Waals surface area contributed by atoms with Gasteiger partial charge < -0.3 is 14.2 Å². The molecule has 1 aliphatic heterocycles. The number of nitrogens with zero attached hydrogens (tertiary/aromatic N) is 2. The highest BCUT2D eigenvalue weighted by Crippen LogP contribution is 2.37. The van der Waals surface area contributed by atoms with Crippen molar-refractivity contribution in [2.24, 2.45) is 4.99 Å². The second kappa shape index (κ2) is 11.9. The molecule has 38 heavy (non-hydrogen) atoms. The number of carbonyl (C=O) groups excluding carboxylic acids is 1. The number of rotatable bonds is 8. The molecule has 10 heteroatoms. The quantitative estimate of drug-likeness (QED) is 0.316. The Bertz CT molecular complexity index is 1570. The molecule has 0 spiro atoms. The maximum atomic E-state index is 13.9. The first-order chi connectivity index (χ1) is 18.2. The first-order valence-electron chi connectivity index (χ1n) is 12.2. The van der Waals surface area contributed by atoms with Crippen LogP contribution in [0.2, 0.25) is 5.02 Å². The van der Waals surface area contributed by atoms with E-state index in [0.29, 0.717) is 53.8 Å². The van der Waals surface area contributed by atoms with Crippen molar-refractivity contribution in [3.63, 3.8) is 0 Å². The van der Waals surface area contributed by atoms with Crippen LogP contribution in [0.5, 0.6) is 11.5 Å². The van der Waals surface area contributed by atoms with Gasteiger partial charge in [-0.25, -0.2) is 9.79 Å². The molecule has 1 atom stereocenters. The number of halogens is 2. The van der Waals surface area contributed by atoms with Crippen LogP contribution in [0.1, 0.15) is 51.8 Å². The van der Waals surface area contributed by atoms with Gasteiger partial charge in [-0.05, 0) is 80.4 Å². The largest absolute Gasteiger partial charge is 0.491 e. The molecular formula is C28H28BrClN2O5S. The van der Waals surface area contributed by atoms with Crippen LogP contribution in [0.3, 0.4) is 0 Å². The summed E-state index contributed by atoms with van der Waals surface area (Å²) in [7, 11) is 0. The summed E-state index contributed by atoms with van der Waals surface area (Å²) in [5.41, 5.74) is 1.91. The third-order valence-corrected chi connectivity index (χ3v) is 7.55. The van der Waals surface area contributed by atoms with Crippen LogP contribution in [-0.2, 0) is 9.53 Å². The number of ether oxygens (including phenoxy) is 3. The molecular weight excluding hydrogens is 592 g/mol. The average molecular weight is 620 g/mol. The summed E-state index contributed by atoms with van der Waals surface area (Å²) in [6, 6.07) is 10.2. The van der Waals surface area contributed by atoms with Gasteiger partial charge in [0, 0.05) is 5.56 Å². The molecule has 0 saturated carbocycles. The molecule has 0 N–H and O–H groups in total. The lowest BCUT2D eigenvalue weighted by molar-refractivity contribution is -0.139. The number of esters is 1. The zero-order chi connectivity index (χ0) is 27.6. The third kappa shape index (κ3) is 5.60. The van der Waals surface area contributed by atoms with Gasteiger partial charge in [0.15, 0.2) is 10.6 Å². The minimum absolute atomic E-state index is 0.106. The van der Waals surface area contributed by atoms with Gasteiger partial charge in [0.2, 0.25) is 0 Å². The number of allylic oxidation sites excluding steroid dienone is 1. The van der Waals surface area contributed by atoms with Gasteiger partial charge in [0.05, 0.1) is 44.6 Å². The van der Waals surface area contributed by atoms with E-state index in [1.807, 2.05) is 51.1 Å². The van der Waals surface area contributed by atoms with Crippen molar-refractivity contribution in [3.05, 3.63) is 88.0 Å². The number of hydrogen-bond acceptors (Lipinski definition) is 7. The molecule has 3 aromatic rings. The molecule has 0 unspecified atom stereocenters. The van der Waals surface area contributed by atoms with Crippen LogP contribution in [0.15, 0.2) is 61.9 Å². The minimum atomic E-state index is -0.766. The Morgan fingerprint density at radius 2 is 1.97 bits per heavy atom. The summed E-state index contributed by atoms with van der Waals surface area (Å²) in [6.45, 7) is 9.90. The number of carbonyl (C=O) groups is 1. The summed E-state index contributed by atoms with van der Waals surface area (Å²) in [5, 5.41) is 0.429. The molecule has 1 aromatic heterocycles. The fourth-order valence-electron chi connectivity index (χ4n) is 4.25. The monoisotopic (exact) mass is 618 g/mol. The average Bonchev–Trinajstić information content (AvgIpc) is 3.15. The molecule has 0 saturated heterocycles. The van der Waals surface area contributed by atoms with E-state index in [1.54, 1.807) is 30.6 Å². The van der Waals surface area contributed by atoms with E-state index in [1.165, 1.54) is 11.3 Å². The van der Waals surface area contributed by atoms with Crippen LogP contribution < -0.4 is 24.4 Å². The Hall–Kier alpha value is -2.88. The van der Waals surface area contributed by atoms with Crippen LogP contribution in [0, 0.1) is 0 Å². The molecule has 4 rings (SSSR count). The van der Waals surface area contributed by atoms with E-state index in [-0.39, 0.29) is 18.3 Å². The lowest BCUT2D eigenvalue weighted by atomic mass is 9.95. The van der Waals surface area contributed by atoms with Crippen LogP contribution in [-0.4, -0.2) is 29.9 Å². The smallest absolute Gasteiger partial charge is 0.338 e. The standard InChI is InChI=1S/C28H28BrClN2O5S/c1-6-35-25-19(29)12-17(13-20(25)30)14-22-26(33)32-24(18-10-8-9-11-21(18)37-15(3)4)23(27(34)36-7-2)16(5)31-28(32)38-22/h8-15,24H,6-7H2,1-5H3/b22-14+/t24-/m0/s1. The fraction of sp³-hybridized carbons (Fsp3) is 0.321. The van der Waals surface area contributed by atoms with Gasteiger partial charge in [-0.3, -0.25) is 9.36 Å². The predicted octanol–water partition coefficient (Wildman–Crippen LogP) is 5.40. The Balaban J connectivity index is 1.95. The molecule has 0 fully saturated rings. The minimum Gasteiger partial charge on any atom is -0.491 e. The first-order valence-corrected chi connectivity index (χ1v) is 14.2. The van der Waals surface area contributed by atoms with E-state index in [0.717, 1.165) is 5.56 Å². The van der Waals surface area contributed by atoms with Gasteiger partial charge in [0.1, 0.15) is 11.8 Å². The van der Waals surface area contributed by atoms with Gasteiger partial charge in [-0.15, -0.1) is 0 Å². The van der Waals surface area contributed by atoms with Crippen molar-refractivity contribution >= 4 is 50.9 Å². The molecule has 0 bridgehead atoms. The second-order valence-electron chi connectivity index (χ2n) is 8.75. The number of para-hydroxylation sites is 1. The van der Waals surface area contributed by atoms with E-state index in [9.17, 15) is 9.59 Å². The predicted molar refractivity (Wildman–Crippen MR) is 153 cm³/mol. The first kappa shape index (κ1) is 28.1. The summed E-state index contributed by atoms with van der Waals surface area (Å²) >= 11 is 11.2. The molecule has 7 nitrogen and oxygen atoms in total. The zero-order valence-electron chi connectivity index (χ0n) is 21.7. The maximum Gasteiger partial charge on any atom is 0.338 e. The molecule has 0 amide bonds. The third-order valence-electron chi connectivity index (χ3n) is 5.70. The summed E-state index contributed by atoms with van der Waals surface area (Å²) in [6.07, 6.45) is 1.65. The number of fused-ring (bicyclic) bond motifs is 1. The van der Waals surface area contributed by atoms with Crippen molar-refractivity contribution < 1.29 is 19.0 Å². The molecule has 2 heterocycles. The number of benzene rings is 2. The van der Waals surface area contributed by atoms with Gasteiger partial charge in [-0.1, -0.05) is 41.1 Å². The molecule has 0 aliphatic carbocycles. The SMILES string of the molecule is CCOC(=O)C1=C(C)N=c2s/c(=C/c3cc(Cl)c(OCC)c(Br)c3)c(=O)n2[C@H]1c1ccccc1OC(C)C. The van der Waals surface area contributed by atoms with E-state index >= 15 is 0 Å². The van der Waals surface area contributed by atoms with Crippen LogP contribution in [0.4, 0.5) is 0 Å². The summed E-state index contributed by atoms with van der Waals surface area (Å²) < 4.78 is 19.7. The van der Waals surface area contributed by atoms with Crippen molar-refractivity contribution in [1.29, 1.82) is 0 Å². The maximum absolute atomic E-state index is 13.9. The second-order valence-corrected chi connectivity index (χ2v) is 11.0. The van der Waals surface area contributed by atoms with E-state index < -0.39 is 12.0 Å². The van der Waals surface area contributed by atoms with Gasteiger partial charge in [0.25, 0.3) is 5.56 Å². The van der Waals surface area contributed by atoms with E-state index in [4.69, 9.17) is 25.8 Å². The van der Waals surface area contributed by atoms with Crippen LogP contribution in [0.25, 0.3) is 6.08 Å². The zero-order valence-corrected chi connectivity index (χ0v) is 24.9. The van der Waals surface area contributed by atoms with Crippen molar-refractivity contribution in [2.75, 3.05) is 13.2 Å². The van der Waals surface area contributed by atoms with Crippen molar-refractivity contribution in [1.82, 2.24) is 4.57 Å². The Morgan fingerprint density at radius 3 is 2.63 bits per heavy atom. The molecule has 1 aliphatic rings. The number of hydrogen-bond donors (Lipinski definition) is 0. The van der Waals surface area contributed by atoms with Crippen molar-refractivity contribution in [2.45, 2.75) is 46.8 Å². The fourth-order valence-corrected chi connectivity index (χ4v) is 6.29. The lowest BCUT2D eigenvalue weighted by Gasteiger charge is -2.26. The Kier molecular flexibility index (Phi) is 8.80. The van der Waals surface area contributed by atoms with Gasteiger partial charge >= 0.3 is 5.97 Å². The number of aromatic nitrogens is 1. The molecule has 0 radical (unpaired) electrons. The highest BCUT2D eigenvalue weighted by molar-refractivity contribution is 9.10. The highest BCUT2D eigenvalue weighted by atomic mass is 79.9.